The van der Waals surface area contributed by atoms with Gasteiger partial charge in [-0.05, 0) is 12.3 Å². The summed E-state index contributed by atoms with van der Waals surface area (Å²) in [6, 6.07) is 0. The standard InChI is InChI=1S/C13H21NO6/c1-6-7-13(11(15)19-4,12(16)20-5)10(9(2)3)8-14(17)18/h6,9-10H,1,7-8H2,2-5H3. The monoisotopic (exact) mass is 287 g/mol. The van der Waals surface area contributed by atoms with Crippen LogP contribution in [0.1, 0.15) is 20.3 Å². The van der Waals surface area contributed by atoms with Crippen LogP contribution in [-0.4, -0.2) is 37.6 Å². The summed E-state index contributed by atoms with van der Waals surface area (Å²) < 4.78 is 9.39. The number of rotatable bonds is 8. The Hall–Kier alpha value is -1.92. The van der Waals surface area contributed by atoms with E-state index in [2.05, 4.69) is 6.58 Å². The van der Waals surface area contributed by atoms with E-state index in [4.69, 9.17) is 9.47 Å². The van der Waals surface area contributed by atoms with Gasteiger partial charge in [-0.3, -0.25) is 19.7 Å². The fourth-order valence-corrected chi connectivity index (χ4v) is 2.39. The Bertz CT molecular complexity index is 374. The minimum atomic E-state index is -1.74. The lowest BCUT2D eigenvalue weighted by molar-refractivity contribution is -0.492. The molecule has 0 aromatic carbocycles. The zero-order chi connectivity index (χ0) is 15.9. The second-order valence-electron chi connectivity index (χ2n) is 4.81. The van der Waals surface area contributed by atoms with Gasteiger partial charge < -0.3 is 9.47 Å². The van der Waals surface area contributed by atoms with Gasteiger partial charge in [-0.1, -0.05) is 19.9 Å². The summed E-state index contributed by atoms with van der Waals surface area (Å²) in [5, 5.41) is 10.9. The molecule has 0 aliphatic rings. The lowest BCUT2D eigenvalue weighted by Gasteiger charge is -2.35. The molecule has 7 heteroatoms. The summed E-state index contributed by atoms with van der Waals surface area (Å²) in [5.41, 5.74) is -1.74. The largest absolute Gasteiger partial charge is 0.468 e. The molecule has 0 spiro atoms. The molecule has 114 valence electrons. The van der Waals surface area contributed by atoms with Gasteiger partial charge in [0.2, 0.25) is 6.54 Å². The molecule has 1 atom stereocenters. The molecule has 0 radical (unpaired) electrons. The molecule has 0 fully saturated rings. The molecule has 0 aromatic rings. The molecule has 0 rings (SSSR count). The summed E-state index contributed by atoms with van der Waals surface area (Å²) in [6.07, 6.45) is 1.28. The van der Waals surface area contributed by atoms with Gasteiger partial charge in [0.15, 0.2) is 5.41 Å². The Morgan fingerprint density at radius 2 is 1.75 bits per heavy atom. The number of methoxy groups -OCH3 is 2. The SMILES string of the molecule is C=CCC(C(=O)OC)(C(=O)OC)C(C[N+](=O)[O-])C(C)C. The van der Waals surface area contributed by atoms with Crippen molar-refractivity contribution in [2.75, 3.05) is 20.8 Å². The van der Waals surface area contributed by atoms with E-state index in [0.29, 0.717) is 0 Å². The minimum absolute atomic E-state index is 0.0803. The van der Waals surface area contributed by atoms with E-state index >= 15 is 0 Å². The normalized spacial score (nSPS) is 12.7. The summed E-state index contributed by atoms with van der Waals surface area (Å²) in [4.78, 5) is 34.6. The first kappa shape index (κ1) is 18.1. The number of esters is 2. The van der Waals surface area contributed by atoms with Crippen LogP contribution in [-0.2, 0) is 19.1 Å². The van der Waals surface area contributed by atoms with Crippen LogP contribution in [0.4, 0.5) is 0 Å². The third-order valence-corrected chi connectivity index (χ3v) is 3.35. The highest BCUT2D eigenvalue weighted by Gasteiger charge is 2.56. The van der Waals surface area contributed by atoms with Crippen LogP contribution < -0.4 is 0 Å². The smallest absolute Gasteiger partial charge is 0.324 e. The van der Waals surface area contributed by atoms with Crippen LogP contribution in [0.3, 0.4) is 0 Å². The van der Waals surface area contributed by atoms with Gasteiger partial charge >= 0.3 is 11.9 Å². The van der Waals surface area contributed by atoms with Crippen molar-refractivity contribution >= 4 is 11.9 Å². The lowest BCUT2D eigenvalue weighted by Crippen LogP contribution is -2.51. The molecule has 0 heterocycles. The quantitative estimate of drug-likeness (QED) is 0.220. The molecule has 0 amide bonds. The van der Waals surface area contributed by atoms with Gasteiger partial charge in [0.05, 0.1) is 20.1 Å². The minimum Gasteiger partial charge on any atom is -0.468 e. The van der Waals surface area contributed by atoms with Crippen molar-refractivity contribution < 1.29 is 24.0 Å². The molecule has 7 nitrogen and oxygen atoms in total. The molecule has 0 bridgehead atoms. The number of hydrogen-bond acceptors (Lipinski definition) is 6. The first-order chi connectivity index (χ1) is 9.27. The van der Waals surface area contributed by atoms with Crippen molar-refractivity contribution in [3.05, 3.63) is 22.8 Å². The third-order valence-electron chi connectivity index (χ3n) is 3.35. The van der Waals surface area contributed by atoms with Crippen molar-refractivity contribution in [1.29, 1.82) is 0 Å². The molecule has 1 unspecified atom stereocenters. The van der Waals surface area contributed by atoms with Crippen LogP contribution in [0.2, 0.25) is 0 Å². The molecule has 0 aromatic heterocycles. The highest BCUT2D eigenvalue weighted by Crippen LogP contribution is 2.40. The van der Waals surface area contributed by atoms with E-state index in [9.17, 15) is 19.7 Å². The number of ether oxygens (including phenoxy) is 2. The van der Waals surface area contributed by atoms with Gasteiger partial charge in [0, 0.05) is 4.92 Å². The molecule has 20 heavy (non-hydrogen) atoms. The number of nitro groups is 1. The maximum absolute atomic E-state index is 12.2. The third kappa shape index (κ3) is 3.55. The van der Waals surface area contributed by atoms with Gasteiger partial charge in [-0.25, -0.2) is 0 Å². The van der Waals surface area contributed by atoms with Gasteiger partial charge in [0.1, 0.15) is 0 Å². The Balaban J connectivity index is 5.99. The first-order valence-electron chi connectivity index (χ1n) is 6.17. The molecule has 0 aliphatic carbocycles. The van der Waals surface area contributed by atoms with E-state index in [-0.39, 0.29) is 12.3 Å². The number of nitrogens with zero attached hydrogens (tertiary/aromatic N) is 1. The maximum Gasteiger partial charge on any atom is 0.324 e. The molecule has 0 aliphatic heterocycles. The fourth-order valence-electron chi connectivity index (χ4n) is 2.39. The second-order valence-corrected chi connectivity index (χ2v) is 4.81. The van der Waals surface area contributed by atoms with Crippen LogP contribution >= 0.6 is 0 Å². The van der Waals surface area contributed by atoms with Crippen LogP contribution in [0.15, 0.2) is 12.7 Å². The molecular formula is C13H21NO6. The van der Waals surface area contributed by atoms with E-state index in [0.717, 1.165) is 14.2 Å². The number of carbonyl (C=O) groups is 2. The van der Waals surface area contributed by atoms with Crippen LogP contribution in [0.5, 0.6) is 0 Å². The number of allylic oxidation sites excluding steroid dienone is 1. The lowest BCUT2D eigenvalue weighted by atomic mass is 9.68. The van der Waals surface area contributed by atoms with Gasteiger partial charge in [-0.2, -0.15) is 0 Å². The van der Waals surface area contributed by atoms with Crippen LogP contribution in [0, 0.1) is 27.4 Å². The van der Waals surface area contributed by atoms with E-state index in [1.54, 1.807) is 13.8 Å². The predicted molar refractivity (Wildman–Crippen MR) is 71.5 cm³/mol. The first-order valence-corrected chi connectivity index (χ1v) is 6.17. The number of hydrogen-bond donors (Lipinski definition) is 0. The van der Waals surface area contributed by atoms with Gasteiger partial charge in [-0.15, -0.1) is 6.58 Å². The summed E-state index contributed by atoms with van der Waals surface area (Å²) >= 11 is 0. The average Bonchev–Trinajstić information content (AvgIpc) is 2.40. The Kier molecular flexibility index (Phi) is 6.89. The maximum atomic E-state index is 12.2. The van der Waals surface area contributed by atoms with Crippen molar-refractivity contribution in [1.82, 2.24) is 0 Å². The van der Waals surface area contributed by atoms with E-state index in [1.807, 2.05) is 0 Å². The number of carbonyl (C=O) groups excluding carboxylic acids is 2. The molecular weight excluding hydrogens is 266 g/mol. The van der Waals surface area contributed by atoms with E-state index < -0.39 is 34.7 Å². The van der Waals surface area contributed by atoms with Crippen molar-refractivity contribution in [2.24, 2.45) is 17.3 Å². The molecule has 0 saturated heterocycles. The van der Waals surface area contributed by atoms with Crippen molar-refractivity contribution in [3.63, 3.8) is 0 Å². The van der Waals surface area contributed by atoms with Crippen molar-refractivity contribution in [2.45, 2.75) is 20.3 Å². The van der Waals surface area contributed by atoms with Crippen molar-refractivity contribution in [3.8, 4) is 0 Å². The average molecular weight is 287 g/mol. The van der Waals surface area contributed by atoms with E-state index in [1.165, 1.54) is 6.08 Å². The Labute approximate surface area is 118 Å². The van der Waals surface area contributed by atoms with Gasteiger partial charge in [0.25, 0.3) is 0 Å². The fraction of sp³-hybridized carbons (Fsp3) is 0.692. The highest BCUT2D eigenvalue weighted by molar-refractivity contribution is 6.00. The summed E-state index contributed by atoms with van der Waals surface area (Å²) in [7, 11) is 2.26. The summed E-state index contributed by atoms with van der Waals surface area (Å²) in [6.45, 7) is 6.39. The molecule has 0 N–H and O–H groups in total. The second kappa shape index (κ2) is 7.62. The predicted octanol–water partition coefficient (Wildman–Crippen LogP) is 1.44. The Morgan fingerprint density at radius 3 is 2.00 bits per heavy atom. The zero-order valence-corrected chi connectivity index (χ0v) is 12.3. The summed E-state index contributed by atoms with van der Waals surface area (Å²) in [5.74, 6) is -2.83. The molecule has 0 saturated carbocycles. The topological polar surface area (TPSA) is 95.7 Å². The Morgan fingerprint density at radius 1 is 1.30 bits per heavy atom. The zero-order valence-electron chi connectivity index (χ0n) is 12.3. The van der Waals surface area contributed by atoms with Crippen LogP contribution in [0.25, 0.3) is 0 Å². The highest BCUT2D eigenvalue weighted by atomic mass is 16.6.